The van der Waals surface area contributed by atoms with Gasteiger partial charge in [-0.15, -0.1) is 0 Å². The molecular weight excluding hydrogens is 276 g/mol. The predicted molar refractivity (Wildman–Crippen MR) is 87.6 cm³/mol. The van der Waals surface area contributed by atoms with Gasteiger partial charge in [-0.2, -0.15) is 10.2 Å². The van der Waals surface area contributed by atoms with E-state index in [0.29, 0.717) is 0 Å². The summed E-state index contributed by atoms with van der Waals surface area (Å²) in [5.74, 6) is 0. The maximum atomic E-state index is 4.89. The van der Waals surface area contributed by atoms with Crippen LogP contribution in [0, 0.1) is 0 Å². The maximum absolute atomic E-state index is 4.89. The molecule has 22 heavy (non-hydrogen) atoms. The van der Waals surface area contributed by atoms with Crippen LogP contribution < -0.4 is 0 Å². The maximum Gasteiger partial charge on any atom is 0.106 e. The van der Waals surface area contributed by atoms with Crippen LogP contribution in [0.1, 0.15) is 50.9 Å². The van der Waals surface area contributed by atoms with Crippen molar-refractivity contribution in [1.29, 1.82) is 0 Å². The van der Waals surface area contributed by atoms with Crippen molar-refractivity contribution in [2.45, 2.75) is 51.6 Å². The largest absolute Gasteiger partial charge is 0.285 e. The highest BCUT2D eigenvalue weighted by atomic mass is 15.1. The van der Waals surface area contributed by atoms with E-state index < -0.39 is 0 Å². The van der Waals surface area contributed by atoms with Gasteiger partial charge < -0.3 is 0 Å². The second kappa shape index (κ2) is 6.68. The molecule has 0 spiro atoms. The van der Waals surface area contributed by atoms with Gasteiger partial charge in [0.15, 0.2) is 0 Å². The van der Waals surface area contributed by atoms with E-state index in [2.05, 4.69) is 20.4 Å². The minimum absolute atomic E-state index is 0.236. The Hall–Kier alpha value is -2.24. The molecule has 0 amide bonds. The normalized spacial score (nSPS) is 23.7. The second-order valence-corrected chi connectivity index (χ2v) is 5.77. The van der Waals surface area contributed by atoms with E-state index in [9.17, 15) is 0 Å². The van der Waals surface area contributed by atoms with Crippen LogP contribution in [0.4, 0.5) is 0 Å². The molecule has 0 aliphatic heterocycles. The lowest BCUT2D eigenvalue weighted by Crippen LogP contribution is -2.29. The van der Waals surface area contributed by atoms with Crippen molar-refractivity contribution < 1.29 is 0 Å². The molecule has 0 bridgehead atoms. The number of nitrogens with one attached hydrogen (secondary N) is 2. The molecule has 3 rings (SSSR count). The lowest BCUT2D eigenvalue weighted by atomic mass is 9.90. The number of aromatic nitrogens is 4. The molecule has 1 fully saturated rings. The Morgan fingerprint density at radius 1 is 0.909 bits per heavy atom. The van der Waals surface area contributed by atoms with Crippen LogP contribution in [0.5, 0.6) is 0 Å². The molecule has 1 saturated carbocycles. The van der Waals surface area contributed by atoms with E-state index in [1.807, 2.05) is 38.4 Å². The minimum Gasteiger partial charge on any atom is -0.285 e. The van der Waals surface area contributed by atoms with Crippen LogP contribution in [0.25, 0.3) is 0 Å². The number of hydrogen-bond acceptors (Lipinski definition) is 4. The van der Waals surface area contributed by atoms with Gasteiger partial charge in [0.05, 0.1) is 23.5 Å². The Balaban J connectivity index is 1.80. The average molecular weight is 298 g/mol. The molecule has 0 saturated heterocycles. The van der Waals surface area contributed by atoms with Crippen LogP contribution in [-0.4, -0.2) is 43.9 Å². The van der Waals surface area contributed by atoms with Crippen molar-refractivity contribution >= 4 is 11.4 Å². The summed E-state index contributed by atoms with van der Waals surface area (Å²) < 4.78 is 0. The molecular formula is C16H22N6. The molecule has 2 heterocycles. The van der Waals surface area contributed by atoms with Gasteiger partial charge in [-0.05, 0) is 38.8 Å². The van der Waals surface area contributed by atoms with E-state index >= 15 is 0 Å². The van der Waals surface area contributed by atoms with Gasteiger partial charge >= 0.3 is 0 Å². The Kier molecular flexibility index (Phi) is 4.46. The number of rotatable bonds is 4. The summed E-state index contributed by atoms with van der Waals surface area (Å²) in [5.41, 5.74) is 3.78. The zero-order valence-corrected chi connectivity index (χ0v) is 13.1. The second-order valence-electron chi connectivity index (χ2n) is 5.77. The summed E-state index contributed by atoms with van der Waals surface area (Å²) in [6.45, 7) is 4.04. The molecule has 2 N–H and O–H groups in total. The fraction of sp³-hybridized carbons (Fsp3) is 0.500. The molecule has 6 nitrogen and oxygen atoms in total. The van der Waals surface area contributed by atoms with Gasteiger partial charge in [0.25, 0.3) is 0 Å². The van der Waals surface area contributed by atoms with Crippen molar-refractivity contribution in [2.75, 3.05) is 0 Å². The lowest BCUT2D eigenvalue weighted by Gasteiger charge is -2.26. The Labute approximate surface area is 130 Å². The third-order valence-electron chi connectivity index (χ3n) is 4.16. The van der Waals surface area contributed by atoms with Crippen molar-refractivity contribution in [3.8, 4) is 0 Å². The van der Waals surface area contributed by atoms with E-state index in [1.54, 1.807) is 0 Å². The first kappa shape index (κ1) is 14.7. The molecule has 1 aliphatic rings. The lowest BCUT2D eigenvalue weighted by molar-refractivity contribution is 0.388. The summed E-state index contributed by atoms with van der Waals surface area (Å²) in [7, 11) is 0. The summed E-state index contributed by atoms with van der Waals surface area (Å²) >= 11 is 0. The Morgan fingerprint density at radius 3 is 1.73 bits per heavy atom. The van der Waals surface area contributed by atoms with Crippen LogP contribution in [0.2, 0.25) is 0 Å². The van der Waals surface area contributed by atoms with E-state index in [-0.39, 0.29) is 12.1 Å². The Bertz CT molecular complexity index is 580. The number of aromatic amines is 2. The first-order valence-electron chi connectivity index (χ1n) is 7.83. The fourth-order valence-corrected chi connectivity index (χ4v) is 2.95. The molecule has 2 atom stereocenters. The zero-order chi connectivity index (χ0) is 15.4. The molecule has 2 unspecified atom stereocenters. The topological polar surface area (TPSA) is 82.1 Å². The van der Waals surface area contributed by atoms with Gasteiger partial charge in [-0.3, -0.25) is 20.2 Å². The fourth-order valence-electron chi connectivity index (χ4n) is 2.95. The van der Waals surface area contributed by atoms with Gasteiger partial charge in [0, 0.05) is 12.4 Å². The third kappa shape index (κ3) is 3.32. The highest BCUT2D eigenvalue weighted by molar-refractivity contribution is 5.97. The van der Waals surface area contributed by atoms with Crippen LogP contribution in [0.15, 0.2) is 34.5 Å². The van der Waals surface area contributed by atoms with Crippen LogP contribution in [0.3, 0.4) is 0 Å². The first-order chi connectivity index (χ1) is 10.7. The monoisotopic (exact) mass is 298 g/mol. The summed E-state index contributed by atoms with van der Waals surface area (Å²) in [6, 6.07) is 4.38. The first-order valence-corrected chi connectivity index (χ1v) is 7.83. The van der Waals surface area contributed by atoms with Gasteiger partial charge in [-0.25, -0.2) is 0 Å². The zero-order valence-electron chi connectivity index (χ0n) is 13.1. The number of aliphatic imine (C=N–C) groups is 2. The van der Waals surface area contributed by atoms with Gasteiger partial charge in [0.1, 0.15) is 11.4 Å². The van der Waals surface area contributed by atoms with E-state index in [4.69, 9.17) is 9.98 Å². The van der Waals surface area contributed by atoms with Crippen molar-refractivity contribution in [3.63, 3.8) is 0 Å². The smallest absolute Gasteiger partial charge is 0.106 e. The molecule has 0 radical (unpaired) electrons. The molecule has 2 aromatic rings. The predicted octanol–water partition coefficient (Wildman–Crippen LogP) is 2.76. The molecule has 116 valence electrons. The number of hydrogen-bond donors (Lipinski definition) is 2. The van der Waals surface area contributed by atoms with Crippen molar-refractivity contribution in [3.05, 3.63) is 35.9 Å². The number of H-pyrrole nitrogens is 2. The highest BCUT2D eigenvalue weighted by Crippen LogP contribution is 2.25. The molecule has 0 aromatic carbocycles. The molecule has 2 aromatic heterocycles. The minimum atomic E-state index is 0.236. The standard InChI is InChI=1S/C16H22N6/c1-11(13-7-9-17-21-13)19-15-5-3-4-6-16(15)20-12(2)14-8-10-18-22-14/h7-10,15-16H,3-6H2,1-2H3,(H,17,21)(H,18,22). The van der Waals surface area contributed by atoms with Gasteiger partial charge in [0.2, 0.25) is 0 Å². The summed E-state index contributed by atoms with van der Waals surface area (Å²) in [5, 5.41) is 14.1. The van der Waals surface area contributed by atoms with Crippen molar-refractivity contribution in [2.24, 2.45) is 9.98 Å². The molecule has 1 aliphatic carbocycles. The van der Waals surface area contributed by atoms with Crippen molar-refractivity contribution in [1.82, 2.24) is 20.4 Å². The Morgan fingerprint density at radius 2 is 1.36 bits per heavy atom. The average Bonchev–Trinajstić information content (AvgIpc) is 3.23. The summed E-state index contributed by atoms with van der Waals surface area (Å²) in [4.78, 5) is 9.79. The van der Waals surface area contributed by atoms with E-state index in [1.165, 1.54) is 12.8 Å². The SMILES string of the molecule is CC(=NC1CCCCC1N=C(C)c1cc[nH]n1)c1cc[nH]n1. The quantitative estimate of drug-likeness (QED) is 0.851. The number of nitrogens with zero attached hydrogens (tertiary/aromatic N) is 4. The molecule has 6 heteroatoms. The van der Waals surface area contributed by atoms with Gasteiger partial charge in [-0.1, -0.05) is 12.8 Å². The van der Waals surface area contributed by atoms with E-state index in [0.717, 1.165) is 35.7 Å². The van der Waals surface area contributed by atoms with Crippen LogP contribution >= 0.6 is 0 Å². The third-order valence-corrected chi connectivity index (χ3v) is 4.16. The van der Waals surface area contributed by atoms with Crippen LogP contribution in [-0.2, 0) is 0 Å². The highest BCUT2D eigenvalue weighted by Gasteiger charge is 2.25. The summed E-state index contributed by atoms with van der Waals surface area (Å²) in [6.07, 6.45) is 8.26.